The Balaban J connectivity index is 3.30. The topological polar surface area (TPSA) is 3.24 Å². The van der Waals surface area contributed by atoms with Crippen LogP contribution in [-0.4, -0.2) is 24.5 Å². The minimum atomic E-state index is 0.835. The lowest BCUT2D eigenvalue weighted by Crippen LogP contribution is -2.32. The first-order valence-electron chi connectivity index (χ1n) is 13.0. The number of hydrogen-bond donors (Lipinski definition) is 0. The Kier molecular flexibility index (Phi) is 22.2. The van der Waals surface area contributed by atoms with Crippen LogP contribution >= 0.6 is 0 Å². The van der Waals surface area contributed by atoms with Gasteiger partial charge in [-0.2, -0.15) is 0 Å². The van der Waals surface area contributed by atoms with Crippen molar-refractivity contribution < 1.29 is 0 Å². The van der Waals surface area contributed by atoms with Crippen molar-refractivity contribution in [3.05, 3.63) is 0 Å². The molecule has 1 nitrogen and oxygen atoms in total. The maximum absolute atomic E-state index is 2.61. The van der Waals surface area contributed by atoms with Crippen molar-refractivity contribution in [1.29, 1.82) is 0 Å². The fourth-order valence-electron chi connectivity index (χ4n) is 4.38. The van der Waals surface area contributed by atoms with Crippen LogP contribution in [0.1, 0.15) is 149 Å². The predicted molar refractivity (Wildman–Crippen MR) is 126 cm³/mol. The Morgan fingerprint density at radius 1 is 0.444 bits per heavy atom. The highest BCUT2D eigenvalue weighted by Gasteiger charge is 2.12. The molecule has 0 bridgehead atoms. The van der Waals surface area contributed by atoms with Crippen LogP contribution in [0.25, 0.3) is 0 Å². The summed E-state index contributed by atoms with van der Waals surface area (Å²) < 4.78 is 0. The van der Waals surface area contributed by atoms with Gasteiger partial charge in [0.15, 0.2) is 0 Å². The molecule has 0 aliphatic carbocycles. The van der Waals surface area contributed by atoms with Gasteiger partial charge in [-0.15, -0.1) is 0 Å². The van der Waals surface area contributed by atoms with E-state index in [0.29, 0.717) is 0 Å². The van der Waals surface area contributed by atoms with Crippen LogP contribution < -0.4 is 0 Å². The van der Waals surface area contributed by atoms with Gasteiger partial charge < -0.3 is 4.90 Å². The highest BCUT2D eigenvalue weighted by molar-refractivity contribution is 4.68. The van der Waals surface area contributed by atoms with E-state index in [1.165, 1.54) is 135 Å². The third-order valence-corrected chi connectivity index (χ3v) is 6.21. The van der Waals surface area contributed by atoms with Gasteiger partial charge in [-0.05, 0) is 32.9 Å². The summed E-state index contributed by atoms with van der Waals surface area (Å²) in [7, 11) is 2.33. The lowest BCUT2D eigenvalue weighted by atomic mass is 10.0. The van der Waals surface area contributed by atoms with Crippen molar-refractivity contribution in [3.63, 3.8) is 0 Å². The summed E-state index contributed by atoms with van der Waals surface area (Å²) in [5.74, 6) is 0. The first-order chi connectivity index (χ1) is 13.3. The number of nitrogens with zero attached hydrogens (tertiary/aromatic N) is 1. The quantitative estimate of drug-likeness (QED) is 0.169. The van der Waals surface area contributed by atoms with Crippen LogP contribution in [0.4, 0.5) is 0 Å². The highest BCUT2D eigenvalue weighted by Crippen LogP contribution is 2.17. The minimum absolute atomic E-state index is 0.835. The number of unbranched alkanes of at least 4 members (excludes halogenated alkanes) is 15. The molecule has 0 heterocycles. The lowest BCUT2D eigenvalue weighted by molar-refractivity contribution is 0.213. The zero-order valence-electron chi connectivity index (χ0n) is 19.9. The van der Waals surface area contributed by atoms with Crippen LogP contribution in [-0.2, 0) is 0 Å². The van der Waals surface area contributed by atoms with Gasteiger partial charge in [0.2, 0.25) is 0 Å². The summed E-state index contributed by atoms with van der Waals surface area (Å²) in [6.45, 7) is 8.20. The molecule has 27 heavy (non-hydrogen) atoms. The van der Waals surface area contributed by atoms with Crippen LogP contribution in [0.3, 0.4) is 0 Å². The zero-order chi connectivity index (χ0) is 20.0. The van der Waals surface area contributed by atoms with Gasteiger partial charge in [-0.1, -0.05) is 130 Å². The molecule has 0 saturated heterocycles. The van der Waals surface area contributed by atoms with Gasteiger partial charge in [-0.3, -0.25) is 0 Å². The summed E-state index contributed by atoms with van der Waals surface area (Å²) in [5.41, 5.74) is 0. The first kappa shape index (κ1) is 27.0. The standard InChI is InChI=1S/C26H55N/c1-5-8-9-10-11-12-13-14-15-16-17-18-19-20-21-22-24-26(23-6-2)27(4)25-7-3/h26H,5-25H2,1-4H3. The molecule has 0 amide bonds. The predicted octanol–water partition coefficient (Wildman–Crippen LogP) is 9.15. The molecule has 0 spiro atoms. The van der Waals surface area contributed by atoms with Crippen molar-refractivity contribution in [2.24, 2.45) is 0 Å². The molecule has 0 fully saturated rings. The molecule has 1 atom stereocenters. The van der Waals surface area contributed by atoms with Gasteiger partial charge in [0.05, 0.1) is 0 Å². The SMILES string of the molecule is CCCCCCCCCCCCCCCCCCC(CCC)N(C)CCC. The molecule has 0 N–H and O–H groups in total. The van der Waals surface area contributed by atoms with Crippen LogP contribution in [0, 0.1) is 0 Å². The third-order valence-electron chi connectivity index (χ3n) is 6.21. The second kappa shape index (κ2) is 22.3. The van der Waals surface area contributed by atoms with Crippen molar-refractivity contribution in [3.8, 4) is 0 Å². The maximum atomic E-state index is 2.61. The molecule has 0 radical (unpaired) electrons. The normalized spacial score (nSPS) is 12.8. The fourth-order valence-corrected chi connectivity index (χ4v) is 4.38. The summed E-state index contributed by atoms with van der Waals surface area (Å²) in [5, 5.41) is 0. The molecule has 0 aliphatic rings. The zero-order valence-corrected chi connectivity index (χ0v) is 19.9. The van der Waals surface area contributed by atoms with Gasteiger partial charge in [0, 0.05) is 6.04 Å². The molecule has 0 aliphatic heterocycles. The van der Waals surface area contributed by atoms with Crippen LogP contribution in [0.15, 0.2) is 0 Å². The second-order valence-corrected chi connectivity index (χ2v) is 9.02. The molecule has 164 valence electrons. The van der Waals surface area contributed by atoms with E-state index in [-0.39, 0.29) is 0 Å². The first-order valence-corrected chi connectivity index (χ1v) is 13.0. The van der Waals surface area contributed by atoms with Crippen LogP contribution in [0.2, 0.25) is 0 Å². The Morgan fingerprint density at radius 3 is 1.22 bits per heavy atom. The van der Waals surface area contributed by atoms with E-state index in [9.17, 15) is 0 Å². The Bertz CT molecular complexity index is 263. The molecule has 1 heteroatoms. The van der Waals surface area contributed by atoms with Crippen molar-refractivity contribution >= 4 is 0 Å². The molecular formula is C26H55N. The smallest absolute Gasteiger partial charge is 0.00921 e. The van der Waals surface area contributed by atoms with Crippen molar-refractivity contribution in [2.45, 2.75) is 155 Å². The Morgan fingerprint density at radius 2 is 0.852 bits per heavy atom. The summed E-state index contributed by atoms with van der Waals surface area (Å²) >= 11 is 0. The number of hydrogen-bond acceptors (Lipinski definition) is 1. The van der Waals surface area contributed by atoms with E-state index < -0.39 is 0 Å². The highest BCUT2D eigenvalue weighted by atomic mass is 15.1. The van der Waals surface area contributed by atoms with Gasteiger partial charge >= 0.3 is 0 Å². The summed E-state index contributed by atoms with van der Waals surface area (Å²) in [6.07, 6.45) is 28.9. The number of rotatable bonds is 22. The maximum Gasteiger partial charge on any atom is 0.00921 e. The fraction of sp³-hybridized carbons (Fsp3) is 1.00. The molecule has 0 aromatic rings. The van der Waals surface area contributed by atoms with Gasteiger partial charge in [0.25, 0.3) is 0 Å². The van der Waals surface area contributed by atoms with E-state index >= 15 is 0 Å². The van der Waals surface area contributed by atoms with Gasteiger partial charge in [-0.25, -0.2) is 0 Å². The Labute approximate surface area is 174 Å². The van der Waals surface area contributed by atoms with Gasteiger partial charge in [0.1, 0.15) is 0 Å². The van der Waals surface area contributed by atoms with E-state index in [1.807, 2.05) is 0 Å². The Hall–Kier alpha value is -0.0400. The van der Waals surface area contributed by atoms with Crippen LogP contribution in [0.5, 0.6) is 0 Å². The molecule has 0 rings (SSSR count). The minimum Gasteiger partial charge on any atom is -0.303 e. The molecule has 1 unspecified atom stereocenters. The second-order valence-electron chi connectivity index (χ2n) is 9.02. The van der Waals surface area contributed by atoms with E-state index in [1.54, 1.807) is 0 Å². The largest absolute Gasteiger partial charge is 0.303 e. The molecule has 0 aromatic heterocycles. The van der Waals surface area contributed by atoms with Crippen molar-refractivity contribution in [2.75, 3.05) is 13.6 Å². The average Bonchev–Trinajstić information content (AvgIpc) is 2.67. The van der Waals surface area contributed by atoms with E-state index in [0.717, 1.165) is 6.04 Å². The molecule has 0 saturated carbocycles. The average molecular weight is 382 g/mol. The summed E-state index contributed by atoms with van der Waals surface area (Å²) in [6, 6.07) is 0.835. The van der Waals surface area contributed by atoms with E-state index in [2.05, 4.69) is 32.7 Å². The summed E-state index contributed by atoms with van der Waals surface area (Å²) in [4.78, 5) is 2.61. The van der Waals surface area contributed by atoms with E-state index in [4.69, 9.17) is 0 Å². The van der Waals surface area contributed by atoms with Crippen molar-refractivity contribution in [1.82, 2.24) is 4.90 Å². The third kappa shape index (κ3) is 19.1. The lowest BCUT2D eigenvalue weighted by Gasteiger charge is -2.27. The monoisotopic (exact) mass is 381 g/mol. The molecular weight excluding hydrogens is 326 g/mol. The molecule has 0 aromatic carbocycles.